The number of urea groups is 1. The van der Waals surface area contributed by atoms with Crippen molar-refractivity contribution in [1.29, 1.82) is 0 Å². The van der Waals surface area contributed by atoms with Crippen LogP contribution >= 0.6 is 0 Å². The lowest BCUT2D eigenvalue weighted by Crippen LogP contribution is -2.52. The summed E-state index contributed by atoms with van der Waals surface area (Å²) in [6.45, 7) is 5.28. The average Bonchev–Trinajstić information content (AvgIpc) is 3.16. The number of carbonyl (C=O) groups excluding carboxylic acids is 1. The molecule has 2 aromatic carbocycles. The normalized spacial score (nSPS) is 17.1. The molecule has 0 aliphatic carbocycles. The predicted molar refractivity (Wildman–Crippen MR) is 99.7 cm³/mol. The summed E-state index contributed by atoms with van der Waals surface area (Å²) in [5.74, 6) is 1.58. The number of rotatable bonds is 3. The van der Waals surface area contributed by atoms with E-state index in [1.165, 1.54) is 0 Å². The smallest absolute Gasteiger partial charge is 0.317 e. The summed E-state index contributed by atoms with van der Waals surface area (Å²) in [6.07, 6.45) is 0. The van der Waals surface area contributed by atoms with Gasteiger partial charge in [-0.3, -0.25) is 0 Å². The Morgan fingerprint density at radius 1 is 1.00 bits per heavy atom. The van der Waals surface area contributed by atoms with Crippen molar-refractivity contribution in [1.82, 2.24) is 10.2 Å². The molecule has 0 saturated carbocycles. The molecule has 0 aromatic heterocycles. The first-order valence-corrected chi connectivity index (χ1v) is 8.96. The second kappa shape index (κ2) is 7.15. The van der Waals surface area contributed by atoms with E-state index in [-0.39, 0.29) is 18.9 Å². The van der Waals surface area contributed by atoms with Crippen LogP contribution in [-0.2, 0) is 0 Å². The van der Waals surface area contributed by atoms with E-state index in [2.05, 4.69) is 10.2 Å². The average molecular weight is 353 g/mol. The lowest BCUT2D eigenvalue weighted by atomic mass is 10.1. The largest absolute Gasteiger partial charge is 0.454 e. The van der Waals surface area contributed by atoms with Gasteiger partial charge in [-0.15, -0.1) is 0 Å². The monoisotopic (exact) mass is 353 g/mol. The Balaban J connectivity index is 1.32. The fourth-order valence-electron chi connectivity index (χ4n) is 3.35. The van der Waals surface area contributed by atoms with Gasteiger partial charge in [0.1, 0.15) is 0 Å². The molecular formula is C20H23N3O3. The van der Waals surface area contributed by atoms with Crippen molar-refractivity contribution < 1.29 is 14.3 Å². The van der Waals surface area contributed by atoms with Gasteiger partial charge in [0.15, 0.2) is 11.5 Å². The van der Waals surface area contributed by atoms with E-state index >= 15 is 0 Å². The summed E-state index contributed by atoms with van der Waals surface area (Å²) >= 11 is 0. The van der Waals surface area contributed by atoms with Gasteiger partial charge < -0.3 is 24.6 Å². The van der Waals surface area contributed by atoms with Crippen molar-refractivity contribution in [3.8, 4) is 11.5 Å². The first kappa shape index (κ1) is 16.6. The van der Waals surface area contributed by atoms with Crippen LogP contribution in [0.1, 0.15) is 18.5 Å². The fraction of sp³-hybridized carbons (Fsp3) is 0.350. The zero-order chi connectivity index (χ0) is 17.9. The van der Waals surface area contributed by atoms with E-state index in [0.717, 1.165) is 35.8 Å². The molecule has 4 rings (SSSR count). The molecule has 2 amide bonds. The molecule has 2 aliphatic rings. The first-order chi connectivity index (χ1) is 12.7. The van der Waals surface area contributed by atoms with Crippen molar-refractivity contribution in [2.75, 3.05) is 37.9 Å². The maximum absolute atomic E-state index is 12.5. The highest BCUT2D eigenvalue weighted by atomic mass is 16.7. The summed E-state index contributed by atoms with van der Waals surface area (Å²) in [4.78, 5) is 16.7. The molecule has 1 N–H and O–H groups in total. The Kier molecular flexibility index (Phi) is 4.56. The molecule has 2 aromatic rings. The van der Waals surface area contributed by atoms with E-state index < -0.39 is 0 Å². The van der Waals surface area contributed by atoms with Crippen LogP contribution in [0.25, 0.3) is 0 Å². The minimum absolute atomic E-state index is 0.00408. The Morgan fingerprint density at radius 2 is 1.73 bits per heavy atom. The highest BCUT2D eigenvalue weighted by Crippen LogP contribution is 2.35. The van der Waals surface area contributed by atoms with Crippen molar-refractivity contribution in [3.63, 3.8) is 0 Å². The third-order valence-electron chi connectivity index (χ3n) is 4.93. The zero-order valence-corrected chi connectivity index (χ0v) is 14.9. The van der Waals surface area contributed by atoms with Crippen LogP contribution in [0.3, 0.4) is 0 Å². The van der Waals surface area contributed by atoms with Gasteiger partial charge in [0.05, 0.1) is 6.04 Å². The van der Waals surface area contributed by atoms with Crippen LogP contribution in [0.2, 0.25) is 0 Å². The summed E-state index contributed by atoms with van der Waals surface area (Å²) < 4.78 is 10.8. The van der Waals surface area contributed by atoms with Crippen LogP contribution in [0.5, 0.6) is 11.5 Å². The van der Waals surface area contributed by atoms with Crippen LogP contribution in [0.15, 0.2) is 48.5 Å². The maximum Gasteiger partial charge on any atom is 0.317 e. The SMILES string of the molecule is CC(NC(=O)N1CCN(c2ccc3c(c2)OCO3)CC1)c1ccccc1. The number of benzene rings is 2. The summed E-state index contributed by atoms with van der Waals surface area (Å²) in [5, 5.41) is 3.09. The lowest BCUT2D eigenvalue weighted by Gasteiger charge is -2.36. The quantitative estimate of drug-likeness (QED) is 0.922. The van der Waals surface area contributed by atoms with Crippen molar-refractivity contribution >= 4 is 11.7 Å². The highest BCUT2D eigenvalue weighted by Gasteiger charge is 2.24. The van der Waals surface area contributed by atoms with Crippen LogP contribution in [0, 0.1) is 0 Å². The van der Waals surface area contributed by atoms with Gasteiger partial charge in [0, 0.05) is 37.9 Å². The molecule has 0 radical (unpaired) electrons. The molecule has 1 saturated heterocycles. The summed E-state index contributed by atoms with van der Waals surface area (Å²) in [6, 6.07) is 16.0. The molecule has 0 spiro atoms. The number of anilines is 1. The maximum atomic E-state index is 12.5. The molecule has 1 unspecified atom stereocenters. The van der Waals surface area contributed by atoms with E-state index in [0.29, 0.717) is 13.1 Å². The molecule has 1 atom stereocenters. The number of ether oxygens (including phenoxy) is 2. The second-order valence-corrected chi connectivity index (χ2v) is 6.59. The molecule has 6 heteroatoms. The molecule has 26 heavy (non-hydrogen) atoms. The van der Waals surface area contributed by atoms with Crippen molar-refractivity contribution in [2.24, 2.45) is 0 Å². The van der Waals surface area contributed by atoms with Crippen LogP contribution < -0.4 is 19.7 Å². The van der Waals surface area contributed by atoms with Crippen LogP contribution in [-0.4, -0.2) is 43.9 Å². The van der Waals surface area contributed by atoms with E-state index in [9.17, 15) is 4.79 Å². The molecule has 6 nitrogen and oxygen atoms in total. The van der Waals surface area contributed by atoms with Gasteiger partial charge in [-0.25, -0.2) is 4.79 Å². The predicted octanol–water partition coefficient (Wildman–Crippen LogP) is 3.01. The molecule has 2 heterocycles. The molecule has 2 aliphatic heterocycles. The minimum atomic E-state index is -0.00769. The number of fused-ring (bicyclic) bond motifs is 1. The Hall–Kier alpha value is -2.89. The molecule has 1 fully saturated rings. The number of nitrogens with zero attached hydrogens (tertiary/aromatic N) is 2. The number of hydrogen-bond acceptors (Lipinski definition) is 4. The van der Waals surface area contributed by atoms with E-state index in [4.69, 9.17) is 9.47 Å². The molecule has 136 valence electrons. The lowest BCUT2D eigenvalue weighted by molar-refractivity contribution is 0.174. The number of piperazine rings is 1. The molecular weight excluding hydrogens is 330 g/mol. The van der Waals surface area contributed by atoms with E-state index in [1.807, 2.05) is 60.4 Å². The number of amides is 2. The zero-order valence-electron chi connectivity index (χ0n) is 14.9. The van der Waals surface area contributed by atoms with E-state index in [1.54, 1.807) is 0 Å². The third kappa shape index (κ3) is 3.40. The summed E-state index contributed by atoms with van der Waals surface area (Å²) in [5.41, 5.74) is 2.21. The number of hydrogen-bond donors (Lipinski definition) is 1. The highest BCUT2D eigenvalue weighted by molar-refractivity contribution is 5.75. The van der Waals surface area contributed by atoms with Gasteiger partial charge in [-0.2, -0.15) is 0 Å². The van der Waals surface area contributed by atoms with Gasteiger partial charge in [0.2, 0.25) is 6.79 Å². The van der Waals surface area contributed by atoms with Crippen molar-refractivity contribution in [2.45, 2.75) is 13.0 Å². The van der Waals surface area contributed by atoms with Crippen LogP contribution in [0.4, 0.5) is 10.5 Å². The second-order valence-electron chi connectivity index (χ2n) is 6.59. The fourth-order valence-corrected chi connectivity index (χ4v) is 3.35. The third-order valence-corrected chi connectivity index (χ3v) is 4.93. The van der Waals surface area contributed by atoms with Gasteiger partial charge in [0.25, 0.3) is 0 Å². The first-order valence-electron chi connectivity index (χ1n) is 8.96. The van der Waals surface area contributed by atoms with Gasteiger partial charge in [-0.05, 0) is 24.6 Å². The Morgan fingerprint density at radius 3 is 2.50 bits per heavy atom. The minimum Gasteiger partial charge on any atom is -0.454 e. The molecule has 0 bridgehead atoms. The topological polar surface area (TPSA) is 54.0 Å². The standard InChI is InChI=1S/C20H23N3O3/c1-15(16-5-3-2-4-6-16)21-20(24)23-11-9-22(10-12-23)17-7-8-18-19(13-17)26-14-25-18/h2-8,13,15H,9-12,14H2,1H3,(H,21,24). The van der Waals surface area contributed by atoms with Crippen molar-refractivity contribution in [3.05, 3.63) is 54.1 Å². The van der Waals surface area contributed by atoms with Gasteiger partial charge in [-0.1, -0.05) is 30.3 Å². The Labute approximate surface area is 153 Å². The van der Waals surface area contributed by atoms with Gasteiger partial charge >= 0.3 is 6.03 Å². The number of carbonyl (C=O) groups is 1. The summed E-state index contributed by atoms with van der Waals surface area (Å²) in [7, 11) is 0. The Bertz CT molecular complexity index is 773. The number of nitrogens with one attached hydrogen (secondary N) is 1.